The molecule has 1 aliphatic heterocycles. The number of hydrogen-bond donors (Lipinski definition) is 0. The Labute approximate surface area is 144 Å². The summed E-state index contributed by atoms with van der Waals surface area (Å²) in [5, 5.41) is 12.3. The number of amides is 1. The van der Waals surface area contributed by atoms with Gasteiger partial charge in [-0.3, -0.25) is 4.79 Å². The quantitative estimate of drug-likeness (QED) is 0.720. The van der Waals surface area contributed by atoms with Crippen LogP contribution >= 0.6 is 0 Å². The highest BCUT2D eigenvalue weighted by Crippen LogP contribution is 2.16. The van der Waals surface area contributed by atoms with Crippen LogP contribution in [-0.4, -0.2) is 56.9 Å². The standard InChI is InChI=1S/C17H18N6O2/c1-13-14(12-18-25-13)17(24)23-10-8-22(9-11-23)16-5-4-15(19-20-16)21-6-2-3-7-21/h2-7,12H,8-11H2,1H3. The molecular formula is C17H18N6O2. The lowest BCUT2D eigenvalue weighted by Gasteiger charge is -2.35. The second-order valence-electron chi connectivity index (χ2n) is 5.91. The number of aryl methyl sites for hydroxylation is 1. The van der Waals surface area contributed by atoms with Crippen LogP contribution in [0.4, 0.5) is 5.82 Å². The Morgan fingerprint density at radius 3 is 2.32 bits per heavy atom. The van der Waals surface area contributed by atoms with Crippen LogP contribution in [-0.2, 0) is 0 Å². The highest BCUT2D eigenvalue weighted by molar-refractivity contribution is 5.94. The summed E-state index contributed by atoms with van der Waals surface area (Å²) in [5.74, 6) is 2.13. The molecule has 1 fully saturated rings. The molecule has 8 nitrogen and oxygen atoms in total. The van der Waals surface area contributed by atoms with E-state index in [1.807, 2.05) is 46.1 Å². The van der Waals surface area contributed by atoms with E-state index in [1.165, 1.54) is 6.20 Å². The lowest BCUT2D eigenvalue weighted by Crippen LogP contribution is -2.49. The highest BCUT2D eigenvalue weighted by Gasteiger charge is 2.25. The van der Waals surface area contributed by atoms with Crippen molar-refractivity contribution in [1.29, 1.82) is 0 Å². The number of carbonyl (C=O) groups excluding carboxylic acids is 1. The second-order valence-corrected chi connectivity index (χ2v) is 5.91. The summed E-state index contributed by atoms with van der Waals surface area (Å²) in [5.41, 5.74) is 0.532. The van der Waals surface area contributed by atoms with Crippen molar-refractivity contribution < 1.29 is 9.32 Å². The van der Waals surface area contributed by atoms with E-state index in [-0.39, 0.29) is 5.91 Å². The van der Waals surface area contributed by atoms with Gasteiger partial charge in [0.05, 0.1) is 6.20 Å². The van der Waals surface area contributed by atoms with Crippen molar-refractivity contribution >= 4 is 11.7 Å². The minimum absolute atomic E-state index is 0.0348. The summed E-state index contributed by atoms with van der Waals surface area (Å²) in [6, 6.07) is 7.80. The Morgan fingerprint density at radius 1 is 1.04 bits per heavy atom. The summed E-state index contributed by atoms with van der Waals surface area (Å²) in [4.78, 5) is 16.4. The fraction of sp³-hybridized carbons (Fsp3) is 0.294. The normalized spacial score (nSPS) is 14.8. The Kier molecular flexibility index (Phi) is 3.93. The first-order chi connectivity index (χ1) is 12.2. The fourth-order valence-corrected chi connectivity index (χ4v) is 2.92. The zero-order valence-electron chi connectivity index (χ0n) is 13.9. The SMILES string of the molecule is Cc1oncc1C(=O)N1CCN(c2ccc(-n3cccc3)nn2)CC1. The lowest BCUT2D eigenvalue weighted by molar-refractivity contribution is 0.0744. The first kappa shape index (κ1) is 15.4. The van der Waals surface area contributed by atoms with Gasteiger partial charge in [0, 0.05) is 38.6 Å². The number of carbonyl (C=O) groups is 1. The van der Waals surface area contributed by atoms with Gasteiger partial charge < -0.3 is 18.9 Å². The maximum absolute atomic E-state index is 12.5. The smallest absolute Gasteiger partial charge is 0.259 e. The summed E-state index contributed by atoms with van der Waals surface area (Å²) >= 11 is 0. The topological polar surface area (TPSA) is 80.3 Å². The molecule has 8 heteroatoms. The maximum atomic E-state index is 12.5. The molecule has 4 heterocycles. The second kappa shape index (κ2) is 6.39. The van der Waals surface area contributed by atoms with E-state index in [4.69, 9.17) is 4.52 Å². The van der Waals surface area contributed by atoms with Gasteiger partial charge in [0.1, 0.15) is 11.3 Å². The molecule has 0 bridgehead atoms. The number of aromatic nitrogens is 4. The van der Waals surface area contributed by atoms with Gasteiger partial charge in [-0.1, -0.05) is 5.16 Å². The number of hydrogen-bond acceptors (Lipinski definition) is 6. The zero-order chi connectivity index (χ0) is 17.2. The van der Waals surface area contributed by atoms with Gasteiger partial charge in [0.15, 0.2) is 11.6 Å². The number of anilines is 1. The Balaban J connectivity index is 1.40. The lowest BCUT2D eigenvalue weighted by atomic mass is 10.2. The van der Waals surface area contributed by atoms with Crippen LogP contribution in [0.25, 0.3) is 5.82 Å². The molecule has 25 heavy (non-hydrogen) atoms. The van der Waals surface area contributed by atoms with Gasteiger partial charge in [-0.25, -0.2) is 0 Å². The molecule has 1 amide bonds. The molecular weight excluding hydrogens is 320 g/mol. The van der Waals surface area contributed by atoms with Gasteiger partial charge in [-0.05, 0) is 31.2 Å². The monoisotopic (exact) mass is 338 g/mol. The molecule has 0 N–H and O–H groups in total. The number of piperazine rings is 1. The first-order valence-corrected chi connectivity index (χ1v) is 8.15. The Hall–Kier alpha value is -3.16. The minimum atomic E-state index is -0.0348. The number of nitrogens with zero attached hydrogens (tertiary/aromatic N) is 6. The Bertz CT molecular complexity index is 848. The van der Waals surface area contributed by atoms with Crippen molar-refractivity contribution in [3.8, 4) is 5.82 Å². The van der Waals surface area contributed by atoms with E-state index in [9.17, 15) is 4.79 Å². The molecule has 1 aliphatic rings. The van der Waals surface area contributed by atoms with E-state index in [0.717, 1.165) is 11.6 Å². The third kappa shape index (κ3) is 2.98. The van der Waals surface area contributed by atoms with E-state index in [2.05, 4.69) is 20.3 Å². The average molecular weight is 338 g/mol. The van der Waals surface area contributed by atoms with Crippen molar-refractivity contribution in [2.75, 3.05) is 31.1 Å². The maximum Gasteiger partial charge on any atom is 0.259 e. The molecule has 1 saturated heterocycles. The third-order valence-electron chi connectivity index (χ3n) is 4.38. The van der Waals surface area contributed by atoms with Gasteiger partial charge in [0.2, 0.25) is 0 Å². The van der Waals surface area contributed by atoms with Crippen molar-refractivity contribution in [2.45, 2.75) is 6.92 Å². The molecule has 0 radical (unpaired) electrons. The van der Waals surface area contributed by atoms with E-state index >= 15 is 0 Å². The van der Waals surface area contributed by atoms with Crippen molar-refractivity contribution in [1.82, 2.24) is 24.8 Å². The number of rotatable bonds is 3. The highest BCUT2D eigenvalue weighted by atomic mass is 16.5. The minimum Gasteiger partial charge on any atom is -0.361 e. The average Bonchev–Trinajstić information content (AvgIpc) is 3.33. The summed E-state index contributed by atoms with van der Waals surface area (Å²) in [7, 11) is 0. The van der Waals surface area contributed by atoms with E-state index in [1.54, 1.807) is 6.92 Å². The van der Waals surface area contributed by atoms with Crippen molar-refractivity contribution in [3.05, 3.63) is 54.2 Å². The molecule has 4 rings (SSSR count). The summed E-state index contributed by atoms with van der Waals surface area (Å²) in [6.45, 7) is 4.44. The fourth-order valence-electron chi connectivity index (χ4n) is 2.92. The predicted octanol–water partition coefficient (Wildman–Crippen LogP) is 1.53. The zero-order valence-corrected chi connectivity index (χ0v) is 13.9. The van der Waals surface area contributed by atoms with E-state index in [0.29, 0.717) is 37.5 Å². The van der Waals surface area contributed by atoms with Crippen LogP contribution in [0.15, 0.2) is 47.4 Å². The molecule has 128 valence electrons. The van der Waals surface area contributed by atoms with Crippen molar-refractivity contribution in [2.24, 2.45) is 0 Å². The van der Waals surface area contributed by atoms with E-state index < -0.39 is 0 Å². The van der Waals surface area contributed by atoms with Crippen molar-refractivity contribution in [3.63, 3.8) is 0 Å². The van der Waals surface area contributed by atoms with Gasteiger partial charge in [-0.15, -0.1) is 10.2 Å². The molecule has 0 atom stereocenters. The molecule has 0 aromatic carbocycles. The molecule has 3 aromatic heterocycles. The first-order valence-electron chi connectivity index (χ1n) is 8.15. The van der Waals surface area contributed by atoms with Gasteiger partial charge in [0.25, 0.3) is 5.91 Å². The van der Waals surface area contributed by atoms with Crippen LogP contribution in [0.1, 0.15) is 16.1 Å². The molecule has 0 unspecified atom stereocenters. The molecule has 0 saturated carbocycles. The predicted molar refractivity (Wildman–Crippen MR) is 90.7 cm³/mol. The summed E-state index contributed by atoms with van der Waals surface area (Å²) < 4.78 is 6.89. The Morgan fingerprint density at radius 2 is 1.72 bits per heavy atom. The van der Waals surface area contributed by atoms with Crippen LogP contribution in [0, 0.1) is 6.92 Å². The third-order valence-corrected chi connectivity index (χ3v) is 4.38. The molecule has 0 aliphatic carbocycles. The largest absolute Gasteiger partial charge is 0.361 e. The van der Waals surface area contributed by atoms with Crippen LogP contribution in [0.2, 0.25) is 0 Å². The molecule has 0 spiro atoms. The van der Waals surface area contributed by atoms with Crippen LogP contribution in [0.5, 0.6) is 0 Å². The van der Waals surface area contributed by atoms with Gasteiger partial charge in [-0.2, -0.15) is 0 Å². The van der Waals surface area contributed by atoms with Crippen LogP contribution < -0.4 is 4.90 Å². The molecule has 3 aromatic rings. The van der Waals surface area contributed by atoms with Gasteiger partial charge >= 0.3 is 0 Å². The van der Waals surface area contributed by atoms with Crippen LogP contribution in [0.3, 0.4) is 0 Å². The summed E-state index contributed by atoms with van der Waals surface area (Å²) in [6.07, 6.45) is 5.34.